The Balaban J connectivity index is 1.64. The second-order valence-corrected chi connectivity index (χ2v) is 9.99. The van der Waals surface area contributed by atoms with Crippen LogP contribution in [0.2, 0.25) is 0 Å². The summed E-state index contributed by atoms with van der Waals surface area (Å²) in [7, 11) is 0. The number of nitrogens with one attached hydrogen (secondary N) is 2. The molecule has 0 aliphatic heterocycles. The molecule has 3 aromatic rings. The summed E-state index contributed by atoms with van der Waals surface area (Å²) in [5.41, 5.74) is 3.80. The van der Waals surface area contributed by atoms with Crippen molar-refractivity contribution in [1.29, 1.82) is 0 Å². The zero-order chi connectivity index (χ0) is 23.1. The number of amides is 2. The molecule has 0 spiro atoms. The Kier molecular flexibility index (Phi) is 8.42. The Morgan fingerprint density at radius 1 is 0.906 bits per heavy atom. The first-order chi connectivity index (χ1) is 15.3. The van der Waals surface area contributed by atoms with Crippen LogP contribution in [0.1, 0.15) is 35.3 Å². The lowest BCUT2D eigenvalue weighted by Crippen LogP contribution is -2.31. The molecule has 0 saturated carbocycles. The first-order valence-corrected chi connectivity index (χ1v) is 12.3. The second kappa shape index (κ2) is 11.2. The molecule has 2 amide bonds. The molecule has 0 bridgehead atoms. The third-order valence-corrected chi connectivity index (χ3v) is 6.87. The fraction of sp³-hybridized carbons (Fsp3) is 0.231. The number of carbonyl (C=O) groups excluding carboxylic acids is 2. The molecule has 3 rings (SSSR count). The van der Waals surface area contributed by atoms with Crippen LogP contribution >= 0.6 is 23.5 Å². The van der Waals surface area contributed by atoms with Crippen LogP contribution in [0.5, 0.6) is 0 Å². The first-order valence-electron chi connectivity index (χ1n) is 10.5. The maximum absolute atomic E-state index is 12.9. The van der Waals surface area contributed by atoms with Crippen LogP contribution in [0.3, 0.4) is 0 Å². The van der Waals surface area contributed by atoms with Crippen LogP contribution < -0.4 is 10.6 Å². The number of rotatable bonds is 8. The molecule has 0 atom stereocenters. The third kappa shape index (κ3) is 6.90. The van der Waals surface area contributed by atoms with Crippen LogP contribution in [0.25, 0.3) is 0 Å². The van der Waals surface area contributed by atoms with Gasteiger partial charge in [0.15, 0.2) is 0 Å². The number of aryl methyl sites for hydroxylation is 2. The van der Waals surface area contributed by atoms with Gasteiger partial charge in [-0.15, -0.1) is 11.8 Å². The van der Waals surface area contributed by atoms with Gasteiger partial charge in [0.05, 0.1) is 11.3 Å². The minimum atomic E-state index is -0.188. The number of thioether (sulfide) groups is 1. The molecule has 0 aliphatic rings. The number of hydrogen-bond donors (Lipinski definition) is 2. The highest BCUT2D eigenvalue weighted by atomic mass is 32.2. The molecule has 4 nitrogen and oxygen atoms in total. The maximum atomic E-state index is 12.9. The molecule has 166 valence electrons. The second-order valence-electron chi connectivity index (χ2n) is 7.86. The minimum absolute atomic E-state index is 0.0443. The van der Waals surface area contributed by atoms with E-state index in [0.29, 0.717) is 5.56 Å². The van der Waals surface area contributed by atoms with Gasteiger partial charge in [-0.3, -0.25) is 9.59 Å². The first kappa shape index (κ1) is 24.0. The minimum Gasteiger partial charge on any atom is -0.353 e. The van der Waals surface area contributed by atoms with E-state index in [-0.39, 0.29) is 23.6 Å². The van der Waals surface area contributed by atoms with E-state index in [4.69, 9.17) is 0 Å². The molecule has 0 fully saturated rings. The van der Waals surface area contributed by atoms with Gasteiger partial charge in [-0.1, -0.05) is 41.6 Å². The van der Waals surface area contributed by atoms with E-state index >= 15 is 0 Å². The Morgan fingerprint density at radius 2 is 1.62 bits per heavy atom. The van der Waals surface area contributed by atoms with Gasteiger partial charge in [0.1, 0.15) is 0 Å². The number of carbonyl (C=O) groups is 2. The number of anilines is 1. The molecule has 2 N–H and O–H groups in total. The molecule has 0 heterocycles. The molecular formula is C26H28N2O2S2. The van der Waals surface area contributed by atoms with Crippen LogP contribution in [-0.4, -0.2) is 23.6 Å². The van der Waals surface area contributed by atoms with E-state index in [0.717, 1.165) is 15.5 Å². The normalized spacial score (nSPS) is 10.8. The fourth-order valence-corrected chi connectivity index (χ4v) is 4.88. The largest absolute Gasteiger partial charge is 0.353 e. The molecule has 32 heavy (non-hydrogen) atoms. The van der Waals surface area contributed by atoms with Gasteiger partial charge in [-0.05, 0) is 75.7 Å². The van der Waals surface area contributed by atoms with E-state index < -0.39 is 0 Å². The highest BCUT2D eigenvalue weighted by Crippen LogP contribution is 2.31. The number of hydrogen-bond acceptors (Lipinski definition) is 4. The van der Waals surface area contributed by atoms with Gasteiger partial charge in [0, 0.05) is 26.4 Å². The number of benzene rings is 3. The molecule has 0 radical (unpaired) electrons. The summed E-state index contributed by atoms with van der Waals surface area (Å²) in [6.07, 6.45) is 0. The molecule has 6 heteroatoms. The van der Waals surface area contributed by atoms with Gasteiger partial charge in [0.2, 0.25) is 5.91 Å². The van der Waals surface area contributed by atoms with Crippen molar-refractivity contribution in [2.45, 2.75) is 48.4 Å². The summed E-state index contributed by atoms with van der Waals surface area (Å²) in [6.45, 7) is 8.06. The van der Waals surface area contributed by atoms with Crippen LogP contribution in [-0.2, 0) is 4.79 Å². The van der Waals surface area contributed by atoms with Crippen LogP contribution in [0.15, 0.2) is 81.4 Å². The molecule has 0 aliphatic carbocycles. The molecular weight excluding hydrogens is 436 g/mol. The lowest BCUT2D eigenvalue weighted by atomic mass is 10.2. The smallest absolute Gasteiger partial charge is 0.256 e. The monoisotopic (exact) mass is 464 g/mol. The van der Waals surface area contributed by atoms with Crippen molar-refractivity contribution in [3.05, 3.63) is 83.4 Å². The van der Waals surface area contributed by atoms with Crippen molar-refractivity contribution >= 4 is 41.0 Å². The maximum Gasteiger partial charge on any atom is 0.256 e. The molecule has 0 aromatic heterocycles. The van der Waals surface area contributed by atoms with Crippen LogP contribution in [0, 0.1) is 13.8 Å². The zero-order valence-corrected chi connectivity index (χ0v) is 20.4. The van der Waals surface area contributed by atoms with E-state index in [1.54, 1.807) is 17.8 Å². The summed E-state index contributed by atoms with van der Waals surface area (Å²) in [5, 5.41) is 5.83. The Labute approximate surface area is 198 Å². The highest BCUT2D eigenvalue weighted by molar-refractivity contribution is 8.00. The molecule has 0 unspecified atom stereocenters. The average Bonchev–Trinajstić information content (AvgIpc) is 2.75. The Bertz CT molecular complexity index is 1100. The topological polar surface area (TPSA) is 58.2 Å². The van der Waals surface area contributed by atoms with Gasteiger partial charge in [0.25, 0.3) is 5.91 Å². The molecule has 0 saturated heterocycles. The fourth-order valence-electron chi connectivity index (χ4n) is 3.13. The van der Waals surface area contributed by atoms with Crippen molar-refractivity contribution in [3.63, 3.8) is 0 Å². The van der Waals surface area contributed by atoms with Gasteiger partial charge in [-0.25, -0.2) is 0 Å². The SMILES string of the molecule is Cc1ccc(Sc2ccc(NC(=O)c3ccccc3SCC(=O)NC(C)C)cc2)c(C)c1. The average molecular weight is 465 g/mol. The van der Waals surface area contributed by atoms with E-state index in [1.807, 2.05) is 56.3 Å². The van der Waals surface area contributed by atoms with Crippen molar-refractivity contribution in [2.24, 2.45) is 0 Å². The summed E-state index contributed by atoms with van der Waals surface area (Å²) in [6, 6.07) is 21.7. The quantitative estimate of drug-likeness (QED) is 0.383. The third-order valence-electron chi connectivity index (χ3n) is 4.61. The van der Waals surface area contributed by atoms with Crippen LogP contribution in [0.4, 0.5) is 5.69 Å². The van der Waals surface area contributed by atoms with E-state index in [9.17, 15) is 9.59 Å². The van der Waals surface area contributed by atoms with Crippen molar-refractivity contribution in [3.8, 4) is 0 Å². The van der Waals surface area contributed by atoms with Gasteiger partial charge >= 0.3 is 0 Å². The lowest BCUT2D eigenvalue weighted by Gasteiger charge is -2.12. The molecule has 3 aromatic carbocycles. The van der Waals surface area contributed by atoms with Crippen molar-refractivity contribution in [2.75, 3.05) is 11.1 Å². The van der Waals surface area contributed by atoms with E-state index in [2.05, 4.69) is 42.7 Å². The predicted octanol–water partition coefficient (Wildman–Crippen LogP) is 6.32. The summed E-state index contributed by atoms with van der Waals surface area (Å²) < 4.78 is 0. The van der Waals surface area contributed by atoms with Crippen molar-refractivity contribution < 1.29 is 9.59 Å². The summed E-state index contributed by atoms with van der Waals surface area (Å²) in [5.74, 6) is 0.0385. The Hall–Kier alpha value is -2.70. The standard InChI is InChI=1S/C26H28N2O2S2/c1-17(2)27-25(29)16-31-24-8-6-5-7-22(24)26(30)28-20-10-12-21(13-11-20)32-23-14-9-18(3)15-19(23)4/h5-15,17H,16H2,1-4H3,(H,27,29)(H,28,30). The summed E-state index contributed by atoms with van der Waals surface area (Å²) >= 11 is 3.07. The van der Waals surface area contributed by atoms with E-state index in [1.165, 1.54) is 27.8 Å². The highest BCUT2D eigenvalue weighted by Gasteiger charge is 2.13. The lowest BCUT2D eigenvalue weighted by molar-refractivity contribution is -0.119. The van der Waals surface area contributed by atoms with Crippen molar-refractivity contribution in [1.82, 2.24) is 5.32 Å². The van der Waals surface area contributed by atoms with Gasteiger partial charge < -0.3 is 10.6 Å². The predicted molar refractivity (Wildman–Crippen MR) is 135 cm³/mol. The zero-order valence-electron chi connectivity index (χ0n) is 18.8. The Morgan fingerprint density at radius 3 is 2.31 bits per heavy atom. The van der Waals surface area contributed by atoms with Gasteiger partial charge in [-0.2, -0.15) is 0 Å². The summed E-state index contributed by atoms with van der Waals surface area (Å²) in [4.78, 5) is 28.0.